The number of carbonyl (C=O) groups is 2. The standard InChI is InChI=1S/C23H27FN2O2/c1-16(2)20-7-3-4-8-21(20)25-23(28)18-6-5-13-26(15-18)22(27)14-17-9-11-19(24)12-10-17/h3-4,7-12,16,18H,5-6,13-15H2,1-2H3,(H,25,28). The second-order valence-corrected chi connectivity index (χ2v) is 7.71. The molecule has 0 radical (unpaired) electrons. The summed E-state index contributed by atoms with van der Waals surface area (Å²) in [5.41, 5.74) is 2.73. The SMILES string of the molecule is CC(C)c1ccccc1NC(=O)C1CCCN(C(=O)Cc2ccc(F)cc2)C1. The van der Waals surface area contributed by atoms with Gasteiger partial charge >= 0.3 is 0 Å². The molecule has 1 unspecified atom stereocenters. The van der Waals surface area contributed by atoms with Crippen LogP contribution in [-0.2, 0) is 16.0 Å². The van der Waals surface area contributed by atoms with E-state index in [0.717, 1.165) is 29.7 Å². The monoisotopic (exact) mass is 382 g/mol. The zero-order chi connectivity index (χ0) is 20.1. The van der Waals surface area contributed by atoms with E-state index in [2.05, 4.69) is 19.2 Å². The van der Waals surface area contributed by atoms with Crippen LogP contribution in [0.1, 0.15) is 43.7 Å². The van der Waals surface area contributed by atoms with Crippen molar-refractivity contribution in [1.82, 2.24) is 4.90 Å². The van der Waals surface area contributed by atoms with Crippen molar-refractivity contribution in [3.8, 4) is 0 Å². The summed E-state index contributed by atoms with van der Waals surface area (Å²) in [5, 5.41) is 3.06. The lowest BCUT2D eigenvalue weighted by molar-refractivity contribution is -0.133. The summed E-state index contributed by atoms with van der Waals surface area (Å²) >= 11 is 0. The highest BCUT2D eigenvalue weighted by Crippen LogP contribution is 2.26. The molecule has 1 aliphatic rings. The second kappa shape index (κ2) is 9.00. The molecule has 2 aromatic rings. The van der Waals surface area contributed by atoms with Crippen LogP contribution in [0.15, 0.2) is 48.5 Å². The fourth-order valence-corrected chi connectivity index (χ4v) is 3.66. The minimum atomic E-state index is -0.312. The summed E-state index contributed by atoms with van der Waals surface area (Å²) in [6.45, 7) is 5.28. The van der Waals surface area contributed by atoms with Crippen LogP contribution in [0.5, 0.6) is 0 Å². The van der Waals surface area contributed by atoms with Crippen LogP contribution >= 0.6 is 0 Å². The number of halogens is 1. The molecule has 1 heterocycles. The van der Waals surface area contributed by atoms with Gasteiger partial charge in [0.1, 0.15) is 5.82 Å². The molecule has 2 aromatic carbocycles. The molecule has 1 saturated heterocycles. The summed E-state index contributed by atoms with van der Waals surface area (Å²) in [4.78, 5) is 27.2. The smallest absolute Gasteiger partial charge is 0.229 e. The zero-order valence-electron chi connectivity index (χ0n) is 16.5. The molecular weight excluding hydrogens is 355 g/mol. The molecule has 4 nitrogen and oxygen atoms in total. The Kier molecular flexibility index (Phi) is 6.45. The largest absolute Gasteiger partial charge is 0.342 e. The first-order valence-electron chi connectivity index (χ1n) is 9.86. The van der Waals surface area contributed by atoms with Gasteiger partial charge in [-0.25, -0.2) is 4.39 Å². The minimum Gasteiger partial charge on any atom is -0.342 e. The molecule has 1 fully saturated rings. The van der Waals surface area contributed by atoms with Gasteiger partial charge < -0.3 is 10.2 Å². The van der Waals surface area contributed by atoms with Gasteiger partial charge in [-0.05, 0) is 48.1 Å². The average molecular weight is 382 g/mol. The summed E-state index contributed by atoms with van der Waals surface area (Å²) in [7, 11) is 0. The van der Waals surface area contributed by atoms with E-state index < -0.39 is 0 Å². The van der Waals surface area contributed by atoms with E-state index in [4.69, 9.17) is 0 Å². The lowest BCUT2D eigenvalue weighted by Gasteiger charge is -2.32. The number of hydrogen-bond acceptors (Lipinski definition) is 2. The van der Waals surface area contributed by atoms with E-state index in [9.17, 15) is 14.0 Å². The van der Waals surface area contributed by atoms with E-state index in [1.54, 1.807) is 17.0 Å². The molecule has 0 bridgehead atoms. The fraction of sp³-hybridized carbons (Fsp3) is 0.391. The molecule has 1 aliphatic heterocycles. The fourth-order valence-electron chi connectivity index (χ4n) is 3.66. The maximum Gasteiger partial charge on any atom is 0.229 e. The highest BCUT2D eigenvalue weighted by molar-refractivity contribution is 5.94. The number of para-hydroxylation sites is 1. The van der Waals surface area contributed by atoms with Crippen LogP contribution in [0.25, 0.3) is 0 Å². The third kappa shape index (κ3) is 4.97. The summed E-state index contributed by atoms with van der Waals surface area (Å²) in [6.07, 6.45) is 1.81. The average Bonchev–Trinajstić information content (AvgIpc) is 2.70. The van der Waals surface area contributed by atoms with Gasteiger partial charge in [-0.2, -0.15) is 0 Å². The summed E-state index contributed by atoms with van der Waals surface area (Å²) in [6, 6.07) is 13.8. The Balaban J connectivity index is 1.62. The van der Waals surface area contributed by atoms with Gasteiger partial charge in [0.25, 0.3) is 0 Å². The highest BCUT2D eigenvalue weighted by atomic mass is 19.1. The van der Waals surface area contributed by atoms with Crippen molar-refractivity contribution in [2.45, 2.75) is 39.0 Å². The van der Waals surface area contributed by atoms with Crippen molar-refractivity contribution >= 4 is 17.5 Å². The first kappa shape index (κ1) is 20.1. The third-order valence-corrected chi connectivity index (χ3v) is 5.25. The van der Waals surface area contributed by atoms with Crippen molar-refractivity contribution < 1.29 is 14.0 Å². The van der Waals surface area contributed by atoms with Gasteiger partial charge in [-0.15, -0.1) is 0 Å². The van der Waals surface area contributed by atoms with E-state index in [0.29, 0.717) is 19.0 Å². The topological polar surface area (TPSA) is 49.4 Å². The predicted molar refractivity (Wildman–Crippen MR) is 109 cm³/mol. The molecule has 0 saturated carbocycles. The Labute approximate surface area is 165 Å². The number of nitrogens with one attached hydrogen (secondary N) is 1. The Bertz CT molecular complexity index is 833. The molecule has 28 heavy (non-hydrogen) atoms. The van der Waals surface area contributed by atoms with Crippen LogP contribution in [0.2, 0.25) is 0 Å². The van der Waals surface area contributed by atoms with E-state index in [1.807, 2.05) is 24.3 Å². The highest BCUT2D eigenvalue weighted by Gasteiger charge is 2.28. The minimum absolute atomic E-state index is 0.0216. The van der Waals surface area contributed by atoms with Crippen LogP contribution in [-0.4, -0.2) is 29.8 Å². The van der Waals surface area contributed by atoms with E-state index in [1.165, 1.54) is 12.1 Å². The lowest BCUT2D eigenvalue weighted by atomic mass is 9.95. The van der Waals surface area contributed by atoms with Gasteiger partial charge in [0.2, 0.25) is 11.8 Å². The summed E-state index contributed by atoms with van der Waals surface area (Å²) in [5.74, 6) is -0.269. The number of benzene rings is 2. The van der Waals surface area contributed by atoms with E-state index in [-0.39, 0.29) is 30.0 Å². The van der Waals surface area contributed by atoms with Crippen molar-refractivity contribution in [2.75, 3.05) is 18.4 Å². The van der Waals surface area contributed by atoms with Crippen LogP contribution in [0.4, 0.5) is 10.1 Å². The van der Waals surface area contributed by atoms with Crippen LogP contribution < -0.4 is 5.32 Å². The summed E-state index contributed by atoms with van der Waals surface area (Å²) < 4.78 is 13.0. The molecule has 0 spiro atoms. The molecule has 0 aromatic heterocycles. The van der Waals surface area contributed by atoms with Gasteiger partial charge in [0.15, 0.2) is 0 Å². The van der Waals surface area contributed by atoms with Crippen molar-refractivity contribution in [2.24, 2.45) is 5.92 Å². The number of likely N-dealkylation sites (tertiary alicyclic amines) is 1. The van der Waals surface area contributed by atoms with Crippen molar-refractivity contribution in [1.29, 1.82) is 0 Å². The van der Waals surface area contributed by atoms with Crippen molar-refractivity contribution in [3.05, 3.63) is 65.5 Å². The van der Waals surface area contributed by atoms with Gasteiger partial charge in [0, 0.05) is 18.8 Å². The van der Waals surface area contributed by atoms with Gasteiger partial charge in [-0.1, -0.05) is 44.2 Å². The molecule has 148 valence electrons. The number of hydrogen-bond donors (Lipinski definition) is 1. The molecule has 3 rings (SSSR count). The van der Waals surface area contributed by atoms with Crippen LogP contribution in [0.3, 0.4) is 0 Å². The Morgan fingerprint density at radius 3 is 2.57 bits per heavy atom. The quantitative estimate of drug-likeness (QED) is 0.835. The third-order valence-electron chi connectivity index (χ3n) is 5.25. The first-order valence-corrected chi connectivity index (χ1v) is 9.86. The Morgan fingerprint density at radius 2 is 1.86 bits per heavy atom. The second-order valence-electron chi connectivity index (χ2n) is 7.71. The normalized spacial score (nSPS) is 16.9. The Morgan fingerprint density at radius 1 is 1.14 bits per heavy atom. The number of carbonyl (C=O) groups excluding carboxylic acids is 2. The maximum atomic E-state index is 13.0. The van der Waals surface area contributed by atoms with Crippen molar-refractivity contribution in [3.63, 3.8) is 0 Å². The first-order chi connectivity index (χ1) is 13.4. The van der Waals surface area contributed by atoms with Crippen LogP contribution in [0, 0.1) is 11.7 Å². The molecule has 1 atom stereocenters. The molecule has 2 amide bonds. The van der Waals surface area contributed by atoms with Gasteiger partial charge in [-0.3, -0.25) is 9.59 Å². The number of rotatable bonds is 5. The zero-order valence-corrected chi connectivity index (χ0v) is 16.5. The molecular formula is C23H27FN2O2. The van der Waals surface area contributed by atoms with E-state index >= 15 is 0 Å². The number of anilines is 1. The lowest BCUT2D eigenvalue weighted by Crippen LogP contribution is -2.44. The number of amides is 2. The molecule has 0 aliphatic carbocycles. The molecule has 5 heteroatoms. The maximum absolute atomic E-state index is 13.0. The predicted octanol–water partition coefficient (Wildman–Crippen LogP) is 4.37. The Hall–Kier alpha value is -2.69. The number of nitrogens with zero attached hydrogens (tertiary/aromatic N) is 1. The van der Waals surface area contributed by atoms with Gasteiger partial charge in [0.05, 0.1) is 12.3 Å². The number of piperidine rings is 1. The molecule has 1 N–H and O–H groups in total.